The molecule has 0 aliphatic rings. The molecule has 8 nitrogen and oxygen atoms in total. The van der Waals surface area contributed by atoms with E-state index in [0.717, 1.165) is 27.9 Å². The largest absolute Gasteiger partial charge is 0.497 e. The predicted molar refractivity (Wildman–Crippen MR) is 140 cm³/mol. The summed E-state index contributed by atoms with van der Waals surface area (Å²) in [5.74, 6) is -0.0539. The summed E-state index contributed by atoms with van der Waals surface area (Å²) >= 11 is 6.55. The van der Waals surface area contributed by atoms with Crippen molar-refractivity contribution in [2.45, 2.75) is 13.8 Å². The van der Waals surface area contributed by atoms with Crippen molar-refractivity contribution in [2.75, 3.05) is 12.4 Å². The van der Waals surface area contributed by atoms with Crippen LogP contribution in [0.3, 0.4) is 0 Å². The SMILES string of the molecule is COc1cc(C)c(Nc2c(-c3ccc4nccnc4c3)c(C)nn2-c2ccccc2Cl)c(C(=O)O)c1. The number of carboxylic acids is 1. The summed E-state index contributed by atoms with van der Waals surface area (Å²) in [4.78, 5) is 21.0. The number of hydrogen-bond acceptors (Lipinski definition) is 6. The van der Waals surface area contributed by atoms with E-state index in [1.54, 1.807) is 29.2 Å². The van der Waals surface area contributed by atoms with Crippen LogP contribution >= 0.6 is 11.6 Å². The molecule has 0 radical (unpaired) electrons. The Bertz CT molecular complexity index is 1630. The third kappa shape index (κ3) is 4.12. The summed E-state index contributed by atoms with van der Waals surface area (Å²) in [5, 5.41) is 18.6. The van der Waals surface area contributed by atoms with Crippen LogP contribution in [-0.4, -0.2) is 37.9 Å². The van der Waals surface area contributed by atoms with Crippen molar-refractivity contribution in [3.05, 3.63) is 88.8 Å². The maximum Gasteiger partial charge on any atom is 0.337 e. The number of nitrogens with zero attached hydrogens (tertiary/aromatic N) is 4. The Morgan fingerprint density at radius 3 is 2.50 bits per heavy atom. The predicted octanol–water partition coefficient (Wildman–Crippen LogP) is 6.20. The first-order valence-electron chi connectivity index (χ1n) is 11.1. The molecule has 0 saturated carbocycles. The zero-order chi connectivity index (χ0) is 25.4. The summed E-state index contributed by atoms with van der Waals surface area (Å²) in [7, 11) is 1.50. The maximum atomic E-state index is 12.2. The fraction of sp³-hybridized carbons (Fsp3) is 0.111. The molecule has 0 spiro atoms. The topological polar surface area (TPSA) is 102 Å². The molecule has 0 fully saturated rings. The lowest BCUT2D eigenvalue weighted by atomic mass is 10.0. The van der Waals surface area contributed by atoms with E-state index in [0.29, 0.717) is 33.5 Å². The smallest absolute Gasteiger partial charge is 0.337 e. The van der Waals surface area contributed by atoms with Gasteiger partial charge in [0.15, 0.2) is 0 Å². The Balaban J connectivity index is 1.77. The second-order valence-electron chi connectivity index (χ2n) is 8.23. The molecule has 0 unspecified atom stereocenters. The fourth-order valence-electron chi connectivity index (χ4n) is 4.23. The average molecular weight is 500 g/mol. The molecule has 5 aromatic rings. The number of halogens is 1. The van der Waals surface area contributed by atoms with Crippen LogP contribution in [0.5, 0.6) is 5.75 Å². The number of anilines is 2. The van der Waals surface area contributed by atoms with Gasteiger partial charge in [-0.25, -0.2) is 9.48 Å². The standard InChI is InChI=1S/C27H22ClN5O3/c1-15-12-18(36-3)14-19(27(34)35)25(15)31-26-24(17-8-9-21-22(13-17)30-11-10-29-21)16(2)32-33(26)23-7-5-4-6-20(23)28/h4-14,31H,1-3H3,(H,34,35). The molecule has 2 heterocycles. The maximum absolute atomic E-state index is 12.2. The van der Waals surface area contributed by atoms with Gasteiger partial charge in [-0.2, -0.15) is 5.10 Å². The van der Waals surface area contributed by atoms with Gasteiger partial charge in [0.2, 0.25) is 0 Å². The number of para-hydroxylation sites is 1. The molecule has 36 heavy (non-hydrogen) atoms. The molecule has 0 aliphatic heterocycles. The summed E-state index contributed by atoms with van der Waals surface area (Å²) in [6, 6.07) is 16.4. The molecule has 3 aromatic carbocycles. The third-order valence-corrected chi connectivity index (χ3v) is 6.24. The van der Waals surface area contributed by atoms with Crippen molar-refractivity contribution < 1.29 is 14.6 Å². The van der Waals surface area contributed by atoms with Crippen LogP contribution in [0.25, 0.3) is 27.8 Å². The number of hydrogen-bond donors (Lipinski definition) is 2. The Hall–Kier alpha value is -4.43. The summed E-state index contributed by atoms with van der Waals surface area (Å²) in [5.41, 5.74) is 5.72. The van der Waals surface area contributed by atoms with E-state index in [9.17, 15) is 9.90 Å². The molecule has 2 aromatic heterocycles. The molecule has 180 valence electrons. The molecule has 2 N–H and O–H groups in total. The van der Waals surface area contributed by atoms with Crippen molar-refractivity contribution in [1.82, 2.24) is 19.7 Å². The van der Waals surface area contributed by atoms with Gasteiger partial charge in [-0.15, -0.1) is 0 Å². The molecule has 9 heteroatoms. The summed E-state index contributed by atoms with van der Waals surface area (Å²) < 4.78 is 7.00. The highest BCUT2D eigenvalue weighted by Crippen LogP contribution is 2.39. The number of fused-ring (bicyclic) bond motifs is 1. The van der Waals surface area contributed by atoms with Crippen LogP contribution in [-0.2, 0) is 0 Å². The van der Waals surface area contributed by atoms with Gasteiger partial charge in [-0.3, -0.25) is 9.97 Å². The third-order valence-electron chi connectivity index (χ3n) is 5.92. The normalized spacial score (nSPS) is 11.0. The van der Waals surface area contributed by atoms with E-state index in [4.69, 9.17) is 21.4 Å². The van der Waals surface area contributed by atoms with E-state index >= 15 is 0 Å². The first-order valence-corrected chi connectivity index (χ1v) is 11.5. The molecule has 0 amide bonds. The van der Waals surface area contributed by atoms with Crippen LogP contribution in [0, 0.1) is 13.8 Å². The van der Waals surface area contributed by atoms with Crippen LogP contribution in [0.1, 0.15) is 21.6 Å². The van der Waals surface area contributed by atoms with Crippen molar-refractivity contribution >= 4 is 40.1 Å². The molecule has 0 saturated heterocycles. The monoisotopic (exact) mass is 499 g/mol. The van der Waals surface area contributed by atoms with Crippen molar-refractivity contribution in [3.63, 3.8) is 0 Å². The minimum absolute atomic E-state index is 0.0757. The molecule has 5 rings (SSSR count). The van der Waals surface area contributed by atoms with E-state index in [1.165, 1.54) is 13.2 Å². The number of rotatable bonds is 6. The van der Waals surface area contributed by atoms with Gasteiger partial charge in [0, 0.05) is 18.0 Å². The Kier molecular flexibility index (Phi) is 6.03. The van der Waals surface area contributed by atoms with Gasteiger partial charge in [-0.05, 0) is 61.4 Å². The van der Waals surface area contributed by atoms with Crippen molar-refractivity contribution in [2.24, 2.45) is 0 Å². The Labute approximate surface area is 212 Å². The first-order chi connectivity index (χ1) is 17.4. The number of carbonyl (C=O) groups is 1. The van der Waals surface area contributed by atoms with Crippen LogP contribution < -0.4 is 10.1 Å². The molecular formula is C27H22ClN5O3. The first kappa shape index (κ1) is 23.3. The van der Waals surface area contributed by atoms with E-state index in [1.807, 2.05) is 50.2 Å². The number of aromatic nitrogens is 4. The summed E-state index contributed by atoms with van der Waals surface area (Å²) in [6.07, 6.45) is 3.29. The number of nitrogens with one attached hydrogen (secondary N) is 1. The van der Waals surface area contributed by atoms with Gasteiger partial charge >= 0.3 is 5.97 Å². The van der Waals surface area contributed by atoms with Gasteiger partial charge in [0.25, 0.3) is 0 Å². The Morgan fingerprint density at radius 2 is 1.78 bits per heavy atom. The zero-order valence-electron chi connectivity index (χ0n) is 19.8. The number of methoxy groups -OCH3 is 1. The van der Waals surface area contributed by atoms with E-state index in [2.05, 4.69) is 15.3 Å². The van der Waals surface area contributed by atoms with E-state index < -0.39 is 5.97 Å². The lowest BCUT2D eigenvalue weighted by molar-refractivity contribution is 0.0697. The molecule has 0 atom stereocenters. The summed E-state index contributed by atoms with van der Waals surface area (Å²) in [6.45, 7) is 3.72. The molecule has 0 bridgehead atoms. The fourth-order valence-corrected chi connectivity index (χ4v) is 4.45. The van der Waals surface area contributed by atoms with Gasteiger partial charge in [0.05, 0.1) is 45.8 Å². The lowest BCUT2D eigenvalue weighted by Crippen LogP contribution is -2.09. The van der Waals surface area contributed by atoms with Crippen molar-refractivity contribution in [3.8, 4) is 22.6 Å². The van der Waals surface area contributed by atoms with E-state index in [-0.39, 0.29) is 5.56 Å². The average Bonchev–Trinajstić information content (AvgIpc) is 3.20. The highest BCUT2D eigenvalue weighted by molar-refractivity contribution is 6.32. The molecular weight excluding hydrogens is 478 g/mol. The Morgan fingerprint density at radius 1 is 1.03 bits per heavy atom. The van der Waals surface area contributed by atoms with Gasteiger partial charge in [-0.1, -0.05) is 29.8 Å². The van der Waals surface area contributed by atoms with Gasteiger partial charge in [0.1, 0.15) is 11.6 Å². The highest BCUT2D eigenvalue weighted by Gasteiger charge is 2.23. The van der Waals surface area contributed by atoms with Crippen molar-refractivity contribution in [1.29, 1.82) is 0 Å². The van der Waals surface area contributed by atoms with Crippen LogP contribution in [0.15, 0.2) is 67.0 Å². The minimum atomic E-state index is -1.08. The number of aromatic carboxylic acids is 1. The second kappa shape index (κ2) is 9.31. The number of aryl methyl sites for hydroxylation is 2. The van der Waals surface area contributed by atoms with Crippen LogP contribution in [0.4, 0.5) is 11.5 Å². The quantitative estimate of drug-likeness (QED) is 0.286. The molecule has 0 aliphatic carbocycles. The second-order valence-corrected chi connectivity index (χ2v) is 8.64. The zero-order valence-corrected chi connectivity index (χ0v) is 20.5. The van der Waals surface area contributed by atoms with Gasteiger partial charge < -0.3 is 15.2 Å². The number of ether oxygens (including phenoxy) is 1. The number of carboxylic acid groups (broad SMARTS) is 1. The minimum Gasteiger partial charge on any atom is -0.497 e. The van der Waals surface area contributed by atoms with Crippen LogP contribution in [0.2, 0.25) is 5.02 Å². The lowest BCUT2D eigenvalue weighted by Gasteiger charge is -2.18. The highest BCUT2D eigenvalue weighted by atomic mass is 35.5. The number of benzene rings is 3.